The van der Waals surface area contributed by atoms with Crippen LogP contribution in [-0.2, 0) is 0 Å². The van der Waals surface area contributed by atoms with E-state index >= 15 is 0 Å². The molecule has 0 heterocycles. The normalized spacial score (nSPS) is 20.9. The number of hydrogen-bond acceptors (Lipinski definition) is 2. The molecule has 66 valence electrons. The minimum absolute atomic E-state index is 0.100. The molecule has 0 fully saturated rings. The van der Waals surface area contributed by atoms with E-state index in [9.17, 15) is 0 Å². The zero-order chi connectivity index (χ0) is 9.19. The number of nitrogens with two attached hydrogens (primary N) is 1. The minimum atomic E-state index is 0.100. The number of likely N-dealkylation sites (N-methyl/N-ethyl adjacent to an activating group) is 1. The second kappa shape index (κ2) is 3.05. The van der Waals surface area contributed by atoms with E-state index in [0.717, 1.165) is 11.4 Å². The molecule has 1 rings (SSSR count). The third kappa shape index (κ3) is 1.91. The van der Waals surface area contributed by atoms with Crippen molar-refractivity contribution < 1.29 is 0 Å². The van der Waals surface area contributed by atoms with Crippen molar-refractivity contribution in [3.05, 3.63) is 35.7 Å². The first-order valence-electron chi connectivity index (χ1n) is 4.11. The van der Waals surface area contributed by atoms with Crippen molar-refractivity contribution in [1.29, 1.82) is 0 Å². The summed E-state index contributed by atoms with van der Waals surface area (Å²) < 4.78 is 0. The maximum atomic E-state index is 5.79. The summed E-state index contributed by atoms with van der Waals surface area (Å²) in [5, 5.41) is 3.05. The fourth-order valence-corrected chi connectivity index (χ4v) is 1.07. The number of hydrogen-bond donors (Lipinski definition) is 2. The van der Waals surface area contributed by atoms with Crippen LogP contribution < -0.4 is 11.1 Å². The summed E-state index contributed by atoms with van der Waals surface area (Å²) in [5.41, 5.74) is 7.66. The molecule has 0 aromatic carbocycles. The third-order valence-corrected chi connectivity index (χ3v) is 1.95. The second-order valence-corrected chi connectivity index (χ2v) is 3.61. The molecule has 1 aliphatic carbocycles. The molecule has 3 N–H and O–H groups in total. The van der Waals surface area contributed by atoms with Gasteiger partial charge in [-0.25, -0.2) is 0 Å². The molecule has 2 heteroatoms. The molecule has 0 saturated heterocycles. The zero-order valence-electron chi connectivity index (χ0n) is 7.89. The fraction of sp³-hybridized carbons (Fsp3) is 0.400. The first-order valence-corrected chi connectivity index (χ1v) is 4.11. The van der Waals surface area contributed by atoms with Gasteiger partial charge in [-0.2, -0.15) is 0 Å². The van der Waals surface area contributed by atoms with Crippen LogP contribution in [0.1, 0.15) is 13.8 Å². The second-order valence-electron chi connectivity index (χ2n) is 3.61. The van der Waals surface area contributed by atoms with Crippen molar-refractivity contribution >= 4 is 0 Å². The van der Waals surface area contributed by atoms with Crippen LogP contribution in [0.5, 0.6) is 0 Å². The van der Waals surface area contributed by atoms with Crippen LogP contribution >= 0.6 is 0 Å². The van der Waals surface area contributed by atoms with Crippen LogP contribution in [0.15, 0.2) is 35.7 Å². The zero-order valence-corrected chi connectivity index (χ0v) is 7.89. The molecule has 0 saturated carbocycles. The summed E-state index contributed by atoms with van der Waals surface area (Å²) in [6.07, 6.45) is 8.21. The van der Waals surface area contributed by atoms with E-state index in [1.54, 1.807) is 0 Å². The van der Waals surface area contributed by atoms with Crippen molar-refractivity contribution in [2.24, 2.45) is 11.1 Å². The molecular formula is C10H16N2. The Labute approximate surface area is 73.8 Å². The largest absolute Gasteiger partial charge is 0.397 e. The fourth-order valence-electron chi connectivity index (χ4n) is 1.07. The van der Waals surface area contributed by atoms with Crippen LogP contribution in [0.2, 0.25) is 0 Å². The molecule has 0 spiro atoms. The van der Waals surface area contributed by atoms with Gasteiger partial charge in [-0.1, -0.05) is 26.0 Å². The van der Waals surface area contributed by atoms with Gasteiger partial charge in [0.15, 0.2) is 0 Å². The van der Waals surface area contributed by atoms with Gasteiger partial charge in [0, 0.05) is 12.5 Å². The van der Waals surface area contributed by atoms with Crippen molar-refractivity contribution in [3.63, 3.8) is 0 Å². The van der Waals surface area contributed by atoms with E-state index in [2.05, 4.69) is 31.3 Å². The predicted molar refractivity (Wildman–Crippen MR) is 52.3 cm³/mol. The van der Waals surface area contributed by atoms with Crippen molar-refractivity contribution in [2.75, 3.05) is 7.05 Å². The summed E-state index contributed by atoms with van der Waals surface area (Å²) in [7, 11) is 1.87. The lowest BCUT2D eigenvalue weighted by Gasteiger charge is -2.12. The minimum Gasteiger partial charge on any atom is -0.397 e. The van der Waals surface area contributed by atoms with Gasteiger partial charge in [0.05, 0.1) is 11.4 Å². The Bertz CT molecular complexity index is 257. The molecule has 1 aliphatic rings. The lowest BCUT2D eigenvalue weighted by atomic mass is 9.93. The van der Waals surface area contributed by atoms with Crippen LogP contribution in [0, 0.1) is 5.41 Å². The standard InChI is InChI=1S/C10H16N2/c1-10(2)6-4-8(11)9(12-3)5-7-10/h4-7,12H,11H2,1-3H3. The summed E-state index contributed by atoms with van der Waals surface area (Å²) in [5.74, 6) is 0. The molecule has 0 bridgehead atoms. The first kappa shape index (κ1) is 8.91. The molecule has 12 heavy (non-hydrogen) atoms. The molecule has 0 aliphatic heterocycles. The highest BCUT2D eigenvalue weighted by atomic mass is 14.9. The Morgan fingerprint density at radius 1 is 1.25 bits per heavy atom. The van der Waals surface area contributed by atoms with E-state index in [-0.39, 0.29) is 5.41 Å². The quantitative estimate of drug-likeness (QED) is 0.616. The molecule has 0 unspecified atom stereocenters. The van der Waals surface area contributed by atoms with Gasteiger partial charge >= 0.3 is 0 Å². The molecule has 0 aromatic heterocycles. The van der Waals surface area contributed by atoms with Gasteiger partial charge < -0.3 is 11.1 Å². The number of allylic oxidation sites excluding steroid dienone is 4. The van der Waals surface area contributed by atoms with E-state index in [1.165, 1.54) is 0 Å². The number of nitrogens with one attached hydrogen (secondary N) is 1. The van der Waals surface area contributed by atoms with Crippen LogP contribution in [0.4, 0.5) is 0 Å². The molecular weight excluding hydrogens is 148 g/mol. The molecule has 0 radical (unpaired) electrons. The van der Waals surface area contributed by atoms with E-state index in [1.807, 2.05) is 19.2 Å². The monoisotopic (exact) mass is 164 g/mol. The Morgan fingerprint density at radius 3 is 2.42 bits per heavy atom. The van der Waals surface area contributed by atoms with Gasteiger partial charge in [0.2, 0.25) is 0 Å². The van der Waals surface area contributed by atoms with Crippen LogP contribution in [0.25, 0.3) is 0 Å². The Hall–Kier alpha value is -1.18. The highest BCUT2D eigenvalue weighted by molar-refractivity contribution is 5.35. The predicted octanol–water partition coefficient (Wildman–Crippen LogP) is 1.53. The summed E-state index contributed by atoms with van der Waals surface area (Å²) >= 11 is 0. The van der Waals surface area contributed by atoms with E-state index < -0.39 is 0 Å². The molecule has 2 nitrogen and oxygen atoms in total. The Kier molecular flexibility index (Phi) is 2.27. The maximum absolute atomic E-state index is 5.79. The van der Waals surface area contributed by atoms with Gasteiger partial charge in [-0.15, -0.1) is 0 Å². The van der Waals surface area contributed by atoms with Crippen molar-refractivity contribution in [2.45, 2.75) is 13.8 Å². The molecule has 0 aromatic rings. The van der Waals surface area contributed by atoms with Crippen LogP contribution in [0.3, 0.4) is 0 Å². The summed E-state index contributed by atoms with van der Waals surface area (Å²) in [6.45, 7) is 4.29. The van der Waals surface area contributed by atoms with Gasteiger partial charge in [-0.05, 0) is 12.2 Å². The summed E-state index contributed by atoms with van der Waals surface area (Å²) in [4.78, 5) is 0. The van der Waals surface area contributed by atoms with Crippen LogP contribution in [-0.4, -0.2) is 7.05 Å². The third-order valence-electron chi connectivity index (χ3n) is 1.95. The summed E-state index contributed by atoms with van der Waals surface area (Å²) in [6, 6.07) is 0. The smallest absolute Gasteiger partial charge is 0.0568 e. The SMILES string of the molecule is CNC1=C(N)C=CC(C)(C)C=C1. The maximum Gasteiger partial charge on any atom is 0.0568 e. The number of rotatable bonds is 1. The lowest BCUT2D eigenvalue weighted by molar-refractivity contribution is 0.626. The molecule has 0 amide bonds. The average Bonchev–Trinajstić information content (AvgIpc) is 2.13. The average molecular weight is 164 g/mol. The topological polar surface area (TPSA) is 38.0 Å². The highest BCUT2D eigenvalue weighted by Crippen LogP contribution is 2.22. The van der Waals surface area contributed by atoms with E-state index in [4.69, 9.17) is 5.73 Å². The van der Waals surface area contributed by atoms with Gasteiger partial charge in [0.1, 0.15) is 0 Å². The van der Waals surface area contributed by atoms with Crippen molar-refractivity contribution in [1.82, 2.24) is 5.32 Å². The molecule has 0 atom stereocenters. The van der Waals surface area contributed by atoms with E-state index in [0.29, 0.717) is 0 Å². The van der Waals surface area contributed by atoms with Gasteiger partial charge in [0.25, 0.3) is 0 Å². The van der Waals surface area contributed by atoms with Gasteiger partial charge in [-0.3, -0.25) is 0 Å². The highest BCUT2D eigenvalue weighted by Gasteiger charge is 2.11. The van der Waals surface area contributed by atoms with Crippen molar-refractivity contribution in [3.8, 4) is 0 Å². The Balaban J connectivity index is 2.99. The lowest BCUT2D eigenvalue weighted by Crippen LogP contribution is -2.10. The first-order chi connectivity index (χ1) is 5.55. The Morgan fingerprint density at radius 2 is 1.83 bits per heavy atom.